The summed E-state index contributed by atoms with van der Waals surface area (Å²) in [5, 5.41) is 8.66. The van der Waals surface area contributed by atoms with Crippen molar-refractivity contribution in [2.24, 2.45) is 0 Å². The van der Waals surface area contributed by atoms with E-state index in [1.165, 1.54) is 5.56 Å². The van der Waals surface area contributed by atoms with E-state index in [0.717, 1.165) is 17.3 Å². The van der Waals surface area contributed by atoms with Crippen molar-refractivity contribution in [2.45, 2.75) is 12.7 Å². The Balaban J connectivity index is 2.55. The molecule has 1 rings (SSSR count). The number of aliphatic hydroxyl groups is 1. The third kappa shape index (κ3) is 3.60. The Morgan fingerprint density at radius 1 is 1.36 bits per heavy atom. The molecule has 0 radical (unpaired) electrons. The molecule has 0 aliphatic rings. The number of ether oxygens (including phenoxy) is 1. The van der Waals surface area contributed by atoms with Gasteiger partial charge in [-0.25, -0.2) is 0 Å². The van der Waals surface area contributed by atoms with Crippen LogP contribution in [0, 0.1) is 0 Å². The van der Waals surface area contributed by atoms with E-state index in [9.17, 15) is 0 Å². The first kappa shape index (κ1) is 11.4. The lowest BCUT2D eigenvalue weighted by molar-refractivity contribution is 0.322. The van der Waals surface area contributed by atoms with Gasteiger partial charge in [0.15, 0.2) is 0 Å². The molecule has 0 aromatic heterocycles. The van der Waals surface area contributed by atoms with Crippen LogP contribution in [0.2, 0.25) is 0 Å². The van der Waals surface area contributed by atoms with Crippen LogP contribution in [0.1, 0.15) is 12.5 Å². The van der Waals surface area contributed by atoms with E-state index in [1.54, 1.807) is 11.8 Å². The minimum absolute atomic E-state index is 0.238. The molecular weight excluding hydrogens is 196 g/mol. The van der Waals surface area contributed by atoms with Gasteiger partial charge in [-0.15, -0.1) is 0 Å². The summed E-state index contributed by atoms with van der Waals surface area (Å²) in [5.74, 6) is 2.64. The molecule has 78 valence electrons. The molecule has 0 atom stereocenters. The Labute approximate surface area is 89.3 Å². The number of benzene rings is 1. The highest BCUT2D eigenvalue weighted by Gasteiger charge is 2.01. The molecule has 0 aliphatic carbocycles. The number of para-hydroxylation sites is 1. The summed E-state index contributed by atoms with van der Waals surface area (Å²) in [5.41, 5.74) is 1.20. The molecular formula is C11H16O2S. The van der Waals surface area contributed by atoms with Gasteiger partial charge in [0.05, 0.1) is 13.2 Å². The van der Waals surface area contributed by atoms with Crippen molar-refractivity contribution < 1.29 is 9.84 Å². The van der Waals surface area contributed by atoms with Crippen molar-refractivity contribution >= 4 is 11.8 Å². The SMILES string of the molecule is CCOc1ccccc1CSCCO. The van der Waals surface area contributed by atoms with Gasteiger partial charge in [-0.3, -0.25) is 0 Å². The zero-order chi connectivity index (χ0) is 10.2. The van der Waals surface area contributed by atoms with Gasteiger partial charge in [0, 0.05) is 17.1 Å². The highest BCUT2D eigenvalue weighted by atomic mass is 32.2. The third-order valence-corrected chi connectivity index (χ3v) is 2.75. The lowest BCUT2D eigenvalue weighted by atomic mass is 10.2. The van der Waals surface area contributed by atoms with Crippen LogP contribution in [-0.2, 0) is 5.75 Å². The van der Waals surface area contributed by atoms with Gasteiger partial charge in [-0.1, -0.05) is 18.2 Å². The number of rotatable bonds is 6. The fourth-order valence-electron chi connectivity index (χ4n) is 1.17. The van der Waals surface area contributed by atoms with Gasteiger partial charge >= 0.3 is 0 Å². The Kier molecular flexibility index (Phi) is 5.49. The van der Waals surface area contributed by atoms with E-state index in [1.807, 2.05) is 25.1 Å². The fraction of sp³-hybridized carbons (Fsp3) is 0.455. The molecule has 1 N–H and O–H groups in total. The third-order valence-electron chi connectivity index (χ3n) is 1.77. The average Bonchev–Trinajstić information content (AvgIpc) is 2.21. The minimum atomic E-state index is 0.238. The summed E-state index contributed by atoms with van der Waals surface area (Å²) in [6, 6.07) is 8.04. The molecule has 0 bridgehead atoms. The minimum Gasteiger partial charge on any atom is -0.494 e. The molecule has 0 spiro atoms. The van der Waals surface area contributed by atoms with Gasteiger partial charge in [0.25, 0.3) is 0 Å². The Morgan fingerprint density at radius 2 is 2.14 bits per heavy atom. The van der Waals surface area contributed by atoms with Crippen LogP contribution in [0.3, 0.4) is 0 Å². The van der Waals surface area contributed by atoms with Gasteiger partial charge in [-0.2, -0.15) is 11.8 Å². The summed E-state index contributed by atoms with van der Waals surface area (Å²) < 4.78 is 5.49. The summed E-state index contributed by atoms with van der Waals surface area (Å²) >= 11 is 1.72. The highest BCUT2D eigenvalue weighted by Crippen LogP contribution is 2.22. The van der Waals surface area contributed by atoms with E-state index in [-0.39, 0.29) is 6.61 Å². The maximum atomic E-state index is 8.66. The maximum Gasteiger partial charge on any atom is 0.123 e. The van der Waals surface area contributed by atoms with Crippen molar-refractivity contribution in [2.75, 3.05) is 19.0 Å². The molecule has 1 aromatic carbocycles. The molecule has 0 saturated heterocycles. The predicted molar refractivity (Wildman–Crippen MR) is 60.9 cm³/mol. The summed E-state index contributed by atoms with van der Waals surface area (Å²) in [4.78, 5) is 0. The van der Waals surface area contributed by atoms with Crippen LogP contribution in [0.15, 0.2) is 24.3 Å². The normalized spacial score (nSPS) is 10.1. The van der Waals surface area contributed by atoms with Crippen molar-refractivity contribution in [1.82, 2.24) is 0 Å². The Bertz CT molecular complexity index is 263. The molecule has 14 heavy (non-hydrogen) atoms. The standard InChI is InChI=1S/C11H16O2S/c1-2-13-11-6-4-3-5-10(11)9-14-8-7-12/h3-6,12H,2,7-9H2,1H3. The van der Waals surface area contributed by atoms with Crippen molar-refractivity contribution in [3.05, 3.63) is 29.8 Å². The largest absolute Gasteiger partial charge is 0.494 e. The number of hydrogen-bond acceptors (Lipinski definition) is 3. The first-order chi connectivity index (χ1) is 6.88. The topological polar surface area (TPSA) is 29.5 Å². The van der Waals surface area contributed by atoms with Crippen molar-refractivity contribution in [3.63, 3.8) is 0 Å². The molecule has 0 fully saturated rings. The first-order valence-electron chi connectivity index (χ1n) is 4.77. The Hall–Kier alpha value is -0.670. The van der Waals surface area contributed by atoms with Gasteiger partial charge in [-0.05, 0) is 13.0 Å². The van der Waals surface area contributed by atoms with E-state index < -0.39 is 0 Å². The van der Waals surface area contributed by atoms with E-state index in [2.05, 4.69) is 6.07 Å². The van der Waals surface area contributed by atoms with Gasteiger partial charge in [0.2, 0.25) is 0 Å². The highest BCUT2D eigenvalue weighted by molar-refractivity contribution is 7.98. The molecule has 0 amide bonds. The summed E-state index contributed by atoms with van der Waals surface area (Å²) in [6.07, 6.45) is 0. The van der Waals surface area contributed by atoms with Crippen molar-refractivity contribution in [3.8, 4) is 5.75 Å². The van der Waals surface area contributed by atoms with Crippen LogP contribution in [0.25, 0.3) is 0 Å². The van der Waals surface area contributed by atoms with E-state index >= 15 is 0 Å². The molecule has 1 aromatic rings. The number of hydrogen-bond donors (Lipinski definition) is 1. The monoisotopic (exact) mass is 212 g/mol. The maximum absolute atomic E-state index is 8.66. The lowest BCUT2D eigenvalue weighted by Gasteiger charge is -2.08. The predicted octanol–water partition coefficient (Wildman–Crippen LogP) is 2.31. The quantitative estimate of drug-likeness (QED) is 0.734. The molecule has 2 nitrogen and oxygen atoms in total. The lowest BCUT2D eigenvalue weighted by Crippen LogP contribution is -1.96. The first-order valence-corrected chi connectivity index (χ1v) is 5.93. The second-order valence-electron chi connectivity index (χ2n) is 2.82. The molecule has 0 saturated carbocycles. The number of thioether (sulfide) groups is 1. The molecule has 0 heterocycles. The van der Waals surface area contributed by atoms with Crippen LogP contribution >= 0.6 is 11.8 Å². The molecule has 0 unspecified atom stereocenters. The summed E-state index contributed by atoms with van der Waals surface area (Å²) in [6.45, 7) is 2.92. The smallest absolute Gasteiger partial charge is 0.123 e. The Morgan fingerprint density at radius 3 is 2.86 bits per heavy atom. The zero-order valence-electron chi connectivity index (χ0n) is 8.40. The molecule has 0 aliphatic heterocycles. The van der Waals surface area contributed by atoms with Gasteiger partial charge in [0.1, 0.15) is 5.75 Å². The second kappa shape index (κ2) is 6.74. The van der Waals surface area contributed by atoms with Gasteiger partial charge < -0.3 is 9.84 Å². The second-order valence-corrected chi connectivity index (χ2v) is 3.92. The zero-order valence-corrected chi connectivity index (χ0v) is 9.22. The molecule has 3 heteroatoms. The van der Waals surface area contributed by atoms with Crippen LogP contribution < -0.4 is 4.74 Å². The van der Waals surface area contributed by atoms with Crippen molar-refractivity contribution in [1.29, 1.82) is 0 Å². The fourth-order valence-corrected chi connectivity index (χ4v) is 1.90. The van der Waals surface area contributed by atoms with E-state index in [4.69, 9.17) is 9.84 Å². The average molecular weight is 212 g/mol. The number of aliphatic hydroxyl groups excluding tert-OH is 1. The van der Waals surface area contributed by atoms with Crippen LogP contribution in [0.4, 0.5) is 0 Å². The van der Waals surface area contributed by atoms with Crippen LogP contribution in [-0.4, -0.2) is 24.1 Å². The van der Waals surface area contributed by atoms with Crippen LogP contribution in [0.5, 0.6) is 5.75 Å². The van der Waals surface area contributed by atoms with E-state index in [0.29, 0.717) is 6.61 Å². The summed E-state index contributed by atoms with van der Waals surface area (Å²) in [7, 11) is 0.